The first-order valence-corrected chi connectivity index (χ1v) is 7.38. The van der Waals surface area contributed by atoms with E-state index in [1.165, 1.54) is 16.3 Å². The normalized spacial score (nSPS) is 10.6. The van der Waals surface area contributed by atoms with Crippen LogP contribution in [0, 0.1) is 10.1 Å². The van der Waals surface area contributed by atoms with Crippen LogP contribution in [0.3, 0.4) is 0 Å². The van der Waals surface area contributed by atoms with Gasteiger partial charge in [0.05, 0.1) is 14.8 Å². The summed E-state index contributed by atoms with van der Waals surface area (Å²) in [6.45, 7) is 6.19. The van der Waals surface area contributed by atoms with Crippen LogP contribution in [0.25, 0.3) is 9.75 Å². The lowest BCUT2D eigenvalue weighted by atomic mass is 10.4. The molecule has 96 valence electrons. The standard InChI is InChI=1S/C12H14N2O2S2/c1-3-13(4-2)11-7-5-9(17-11)10-6-8-12(18-10)14(15)16/h5-8H,3-4H2,1-2H3. The fourth-order valence-electron chi connectivity index (χ4n) is 1.72. The summed E-state index contributed by atoms with van der Waals surface area (Å²) in [5, 5.41) is 12.1. The fraction of sp³-hybridized carbons (Fsp3) is 0.333. The highest BCUT2D eigenvalue weighted by Gasteiger charge is 2.13. The Morgan fingerprint density at radius 3 is 2.28 bits per heavy atom. The molecule has 0 fully saturated rings. The molecule has 2 heterocycles. The van der Waals surface area contributed by atoms with Gasteiger partial charge in [-0.3, -0.25) is 10.1 Å². The Kier molecular flexibility index (Phi) is 3.98. The maximum atomic E-state index is 10.7. The highest BCUT2D eigenvalue weighted by Crippen LogP contribution is 2.39. The number of thiophene rings is 2. The topological polar surface area (TPSA) is 46.4 Å². The number of hydrogen-bond acceptors (Lipinski definition) is 5. The average molecular weight is 282 g/mol. The van der Waals surface area contributed by atoms with Crippen LogP contribution in [0.2, 0.25) is 0 Å². The molecule has 18 heavy (non-hydrogen) atoms. The lowest BCUT2D eigenvalue weighted by Gasteiger charge is -2.17. The van der Waals surface area contributed by atoms with Crippen molar-refractivity contribution in [2.24, 2.45) is 0 Å². The maximum Gasteiger partial charge on any atom is 0.324 e. The minimum atomic E-state index is -0.340. The van der Waals surface area contributed by atoms with Gasteiger partial charge >= 0.3 is 5.00 Å². The zero-order valence-electron chi connectivity index (χ0n) is 10.3. The Labute approximate surface area is 114 Å². The van der Waals surface area contributed by atoms with Gasteiger partial charge in [0, 0.05) is 24.0 Å². The second-order valence-corrected chi connectivity index (χ2v) is 5.83. The van der Waals surface area contributed by atoms with Gasteiger partial charge in [0.25, 0.3) is 0 Å². The van der Waals surface area contributed by atoms with Crippen molar-refractivity contribution in [2.75, 3.05) is 18.0 Å². The average Bonchev–Trinajstić information content (AvgIpc) is 2.98. The minimum Gasteiger partial charge on any atom is -0.364 e. The molecule has 2 aromatic heterocycles. The fourth-order valence-corrected chi connectivity index (χ4v) is 3.77. The summed E-state index contributed by atoms with van der Waals surface area (Å²) in [4.78, 5) is 14.7. The summed E-state index contributed by atoms with van der Waals surface area (Å²) in [6.07, 6.45) is 0. The Bertz CT molecular complexity index is 544. The predicted molar refractivity (Wildman–Crippen MR) is 77.8 cm³/mol. The summed E-state index contributed by atoms with van der Waals surface area (Å²) in [5.74, 6) is 0. The molecule has 2 rings (SSSR count). The highest BCUT2D eigenvalue weighted by atomic mass is 32.1. The van der Waals surface area contributed by atoms with E-state index < -0.39 is 0 Å². The minimum absolute atomic E-state index is 0.197. The predicted octanol–water partition coefficient (Wildman–Crippen LogP) is 4.23. The number of nitrogens with zero attached hydrogens (tertiary/aromatic N) is 2. The zero-order chi connectivity index (χ0) is 13.1. The summed E-state index contributed by atoms with van der Waals surface area (Å²) in [6, 6.07) is 7.50. The largest absolute Gasteiger partial charge is 0.364 e. The van der Waals surface area contributed by atoms with Crippen molar-refractivity contribution in [1.29, 1.82) is 0 Å². The smallest absolute Gasteiger partial charge is 0.324 e. The molecule has 0 saturated carbocycles. The molecule has 4 nitrogen and oxygen atoms in total. The monoisotopic (exact) mass is 282 g/mol. The van der Waals surface area contributed by atoms with Crippen molar-refractivity contribution >= 4 is 32.7 Å². The van der Waals surface area contributed by atoms with Crippen LogP contribution in [0.15, 0.2) is 24.3 Å². The van der Waals surface area contributed by atoms with Crippen LogP contribution in [0.1, 0.15) is 13.8 Å². The summed E-state index contributed by atoms with van der Waals surface area (Å²) < 4.78 is 0. The van der Waals surface area contributed by atoms with Crippen molar-refractivity contribution in [3.8, 4) is 9.75 Å². The second kappa shape index (κ2) is 5.49. The Morgan fingerprint density at radius 2 is 1.72 bits per heavy atom. The lowest BCUT2D eigenvalue weighted by molar-refractivity contribution is -0.380. The van der Waals surface area contributed by atoms with E-state index in [2.05, 4.69) is 24.8 Å². The second-order valence-electron chi connectivity index (χ2n) is 3.71. The quantitative estimate of drug-likeness (QED) is 0.609. The van der Waals surface area contributed by atoms with E-state index >= 15 is 0 Å². The third-order valence-electron chi connectivity index (χ3n) is 2.68. The van der Waals surface area contributed by atoms with Gasteiger partial charge in [-0.15, -0.1) is 11.3 Å². The molecule has 0 aliphatic carbocycles. The summed E-state index contributed by atoms with van der Waals surface area (Å²) in [5.41, 5.74) is 0. The van der Waals surface area contributed by atoms with Crippen LogP contribution in [-0.2, 0) is 0 Å². The number of nitro groups is 1. The first-order valence-electron chi connectivity index (χ1n) is 5.75. The third kappa shape index (κ3) is 2.54. The molecule has 0 radical (unpaired) electrons. The van der Waals surface area contributed by atoms with Crippen molar-refractivity contribution in [1.82, 2.24) is 0 Å². The van der Waals surface area contributed by atoms with Crippen LogP contribution in [0.4, 0.5) is 10.0 Å². The van der Waals surface area contributed by atoms with Crippen LogP contribution >= 0.6 is 22.7 Å². The van der Waals surface area contributed by atoms with Gasteiger partial charge in [-0.2, -0.15) is 0 Å². The van der Waals surface area contributed by atoms with Crippen LogP contribution < -0.4 is 4.90 Å². The molecule has 0 bridgehead atoms. The molecule has 0 amide bonds. The molecule has 6 heteroatoms. The first-order chi connectivity index (χ1) is 8.65. The molecule has 0 spiro atoms. The van der Waals surface area contributed by atoms with E-state index in [0.29, 0.717) is 0 Å². The van der Waals surface area contributed by atoms with Crippen molar-refractivity contribution in [3.05, 3.63) is 34.4 Å². The van der Waals surface area contributed by atoms with Gasteiger partial charge < -0.3 is 4.90 Å². The van der Waals surface area contributed by atoms with E-state index in [-0.39, 0.29) is 9.92 Å². The molecular formula is C12H14N2O2S2. The molecular weight excluding hydrogens is 268 g/mol. The Hall–Kier alpha value is -1.40. The van der Waals surface area contributed by atoms with Crippen LogP contribution in [-0.4, -0.2) is 18.0 Å². The van der Waals surface area contributed by atoms with Gasteiger partial charge in [0.2, 0.25) is 0 Å². The van der Waals surface area contributed by atoms with E-state index in [1.807, 2.05) is 12.1 Å². The third-order valence-corrected chi connectivity index (χ3v) is 5.06. The van der Waals surface area contributed by atoms with E-state index in [4.69, 9.17) is 0 Å². The van der Waals surface area contributed by atoms with Crippen molar-refractivity contribution < 1.29 is 4.92 Å². The molecule has 0 saturated heterocycles. The van der Waals surface area contributed by atoms with Gasteiger partial charge in [-0.25, -0.2) is 0 Å². The molecule has 0 N–H and O–H groups in total. The lowest BCUT2D eigenvalue weighted by Crippen LogP contribution is -2.20. The molecule has 0 aliphatic heterocycles. The van der Waals surface area contributed by atoms with Gasteiger partial charge in [-0.1, -0.05) is 11.3 Å². The molecule has 2 aromatic rings. The summed E-state index contributed by atoms with van der Waals surface area (Å²) >= 11 is 2.91. The molecule has 0 unspecified atom stereocenters. The maximum absolute atomic E-state index is 10.7. The molecule has 0 atom stereocenters. The van der Waals surface area contributed by atoms with Gasteiger partial charge in [-0.05, 0) is 32.0 Å². The van der Waals surface area contributed by atoms with Gasteiger partial charge in [0.1, 0.15) is 0 Å². The van der Waals surface area contributed by atoms with E-state index in [0.717, 1.165) is 22.8 Å². The SMILES string of the molecule is CCN(CC)c1ccc(-c2ccc([N+](=O)[O-])s2)s1. The zero-order valence-corrected chi connectivity index (χ0v) is 11.9. The highest BCUT2D eigenvalue weighted by molar-refractivity contribution is 7.25. The van der Waals surface area contributed by atoms with Crippen molar-refractivity contribution in [2.45, 2.75) is 13.8 Å². The first kappa shape index (κ1) is 13.0. The van der Waals surface area contributed by atoms with Crippen LogP contribution in [0.5, 0.6) is 0 Å². The molecule has 0 aliphatic rings. The Morgan fingerprint density at radius 1 is 1.11 bits per heavy atom. The van der Waals surface area contributed by atoms with Gasteiger partial charge in [0.15, 0.2) is 0 Å². The number of rotatable bonds is 5. The summed E-state index contributed by atoms with van der Waals surface area (Å²) in [7, 11) is 0. The van der Waals surface area contributed by atoms with E-state index in [9.17, 15) is 10.1 Å². The number of hydrogen-bond donors (Lipinski definition) is 0. The van der Waals surface area contributed by atoms with Crippen molar-refractivity contribution in [3.63, 3.8) is 0 Å². The van der Waals surface area contributed by atoms with E-state index in [1.54, 1.807) is 17.4 Å². The molecule has 0 aromatic carbocycles. The number of anilines is 1. The Balaban J connectivity index is 2.26.